The summed E-state index contributed by atoms with van der Waals surface area (Å²) in [5, 5.41) is 7.58. The van der Waals surface area contributed by atoms with Crippen LogP contribution in [0.2, 0.25) is 0 Å². The van der Waals surface area contributed by atoms with Gasteiger partial charge in [0.2, 0.25) is 5.89 Å². The number of aromatic nitrogens is 2. The highest BCUT2D eigenvalue weighted by atomic mass is 16.5. The Morgan fingerprint density at radius 1 is 1.20 bits per heavy atom. The van der Waals surface area contributed by atoms with Crippen LogP contribution >= 0.6 is 0 Å². The summed E-state index contributed by atoms with van der Waals surface area (Å²) >= 11 is 0. The maximum Gasteiger partial charge on any atom is 0.228 e. The van der Waals surface area contributed by atoms with Crippen LogP contribution in [-0.2, 0) is 6.42 Å². The van der Waals surface area contributed by atoms with Crippen LogP contribution < -0.4 is 5.32 Å². The van der Waals surface area contributed by atoms with Gasteiger partial charge in [-0.3, -0.25) is 0 Å². The van der Waals surface area contributed by atoms with Gasteiger partial charge in [0.05, 0.1) is 0 Å². The standard InChI is InChI=1S/C16H29N3O/c1-5-17-12(4)10-15-18-16(19-20-15)14-8-6-13(7-9-14)11(2)3/h11-14,17H,5-10H2,1-4H3. The van der Waals surface area contributed by atoms with Gasteiger partial charge in [-0.1, -0.05) is 25.9 Å². The molecule has 1 unspecified atom stereocenters. The first-order valence-electron chi connectivity index (χ1n) is 8.16. The zero-order valence-corrected chi connectivity index (χ0v) is 13.4. The number of nitrogens with zero attached hydrogens (tertiary/aromatic N) is 2. The van der Waals surface area contributed by atoms with Gasteiger partial charge in [-0.15, -0.1) is 0 Å². The topological polar surface area (TPSA) is 51.0 Å². The summed E-state index contributed by atoms with van der Waals surface area (Å²) in [6.07, 6.45) is 5.86. The molecule has 1 heterocycles. The third kappa shape index (κ3) is 4.05. The molecular formula is C16H29N3O. The number of likely N-dealkylation sites (N-methyl/N-ethyl adjacent to an activating group) is 1. The van der Waals surface area contributed by atoms with Crippen LogP contribution in [0.25, 0.3) is 0 Å². The van der Waals surface area contributed by atoms with Crippen LogP contribution in [0.1, 0.15) is 71.0 Å². The molecule has 4 heteroatoms. The van der Waals surface area contributed by atoms with E-state index in [2.05, 4.69) is 43.2 Å². The lowest BCUT2D eigenvalue weighted by atomic mass is 9.77. The predicted molar refractivity (Wildman–Crippen MR) is 80.7 cm³/mol. The summed E-state index contributed by atoms with van der Waals surface area (Å²) in [6, 6.07) is 0.393. The fraction of sp³-hybridized carbons (Fsp3) is 0.875. The van der Waals surface area contributed by atoms with E-state index in [1.807, 2.05) is 0 Å². The van der Waals surface area contributed by atoms with Crippen molar-refractivity contribution in [1.29, 1.82) is 0 Å². The Balaban J connectivity index is 1.87. The minimum absolute atomic E-state index is 0.393. The lowest BCUT2D eigenvalue weighted by molar-refractivity contribution is 0.251. The van der Waals surface area contributed by atoms with Crippen molar-refractivity contribution in [2.24, 2.45) is 11.8 Å². The third-order valence-electron chi connectivity index (χ3n) is 4.60. The zero-order chi connectivity index (χ0) is 14.5. The first-order chi connectivity index (χ1) is 9.60. The maximum atomic E-state index is 5.41. The molecule has 0 saturated heterocycles. The Bertz CT molecular complexity index is 394. The van der Waals surface area contributed by atoms with Crippen LogP contribution in [0.4, 0.5) is 0 Å². The van der Waals surface area contributed by atoms with Crippen LogP contribution in [0.3, 0.4) is 0 Å². The molecule has 0 bridgehead atoms. The second-order valence-corrected chi connectivity index (χ2v) is 6.56. The lowest BCUT2D eigenvalue weighted by Crippen LogP contribution is -2.27. The van der Waals surface area contributed by atoms with Gasteiger partial charge in [-0.25, -0.2) is 0 Å². The van der Waals surface area contributed by atoms with E-state index in [1.54, 1.807) is 0 Å². The maximum absolute atomic E-state index is 5.41. The second kappa shape index (κ2) is 7.21. The molecule has 114 valence electrons. The average Bonchev–Trinajstić information content (AvgIpc) is 2.87. The van der Waals surface area contributed by atoms with Crippen molar-refractivity contribution in [3.63, 3.8) is 0 Å². The fourth-order valence-corrected chi connectivity index (χ4v) is 3.24. The van der Waals surface area contributed by atoms with Crippen LogP contribution in [0.15, 0.2) is 4.52 Å². The first-order valence-corrected chi connectivity index (χ1v) is 8.16. The van der Waals surface area contributed by atoms with Crippen molar-refractivity contribution in [1.82, 2.24) is 15.5 Å². The van der Waals surface area contributed by atoms with Gasteiger partial charge in [0.1, 0.15) is 0 Å². The summed E-state index contributed by atoms with van der Waals surface area (Å²) in [4.78, 5) is 4.61. The fourth-order valence-electron chi connectivity index (χ4n) is 3.24. The Hall–Kier alpha value is -0.900. The van der Waals surface area contributed by atoms with Gasteiger partial charge in [-0.05, 0) is 51.0 Å². The molecule has 1 N–H and O–H groups in total. The van der Waals surface area contributed by atoms with E-state index in [0.717, 1.165) is 36.5 Å². The Labute approximate surface area is 122 Å². The predicted octanol–water partition coefficient (Wildman–Crippen LogP) is 3.54. The number of rotatable bonds is 6. The van der Waals surface area contributed by atoms with E-state index in [-0.39, 0.29) is 0 Å². The van der Waals surface area contributed by atoms with Crippen LogP contribution in [0.5, 0.6) is 0 Å². The Kier molecular flexibility index (Phi) is 5.58. The molecule has 0 spiro atoms. The molecule has 1 aliphatic carbocycles. The second-order valence-electron chi connectivity index (χ2n) is 6.56. The van der Waals surface area contributed by atoms with Crippen molar-refractivity contribution < 1.29 is 4.52 Å². The molecule has 1 aromatic rings. The largest absolute Gasteiger partial charge is 0.339 e. The molecular weight excluding hydrogens is 250 g/mol. The number of hydrogen-bond acceptors (Lipinski definition) is 4. The lowest BCUT2D eigenvalue weighted by Gasteiger charge is -2.29. The van der Waals surface area contributed by atoms with Gasteiger partial charge in [-0.2, -0.15) is 4.98 Å². The molecule has 1 atom stereocenters. The molecule has 2 rings (SSSR count). The van der Waals surface area contributed by atoms with Crippen molar-refractivity contribution in [3.8, 4) is 0 Å². The quantitative estimate of drug-likeness (QED) is 0.865. The van der Waals surface area contributed by atoms with Gasteiger partial charge < -0.3 is 9.84 Å². The highest BCUT2D eigenvalue weighted by Gasteiger charge is 2.27. The van der Waals surface area contributed by atoms with Crippen molar-refractivity contribution in [3.05, 3.63) is 11.7 Å². The van der Waals surface area contributed by atoms with E-state index < -0.39 is 0 Å². The van der Waals surface area contributed by atoms with E-state index >= 15 is 0 Å². The first kappa shape index (κ1) is 15.5. The molecule has 4 nitrogen and oxygen atoms in total. The smallest absolute Gasteiger partial charge is 0.228 e. The highest BCUT2D eigenvalue weighted by molar-refractivity contribution is 4.98. The molecule has 0 amide bonds. The molecule has 1 saturated carbocycles. The zero-order valence-electron chi connectivity index (χ0n) is 13.4. The molecule has 1 aromatic heterocycles. The van der Waals surface area contributed by atoms with Crippen molar-refractivity contribution >= 4 is 0 Å². The van der Waals surface area contributed by atoms with Gasteiger partial charge in [0, 0.05) is 18.4 Å². The van der Waals surface area contributed by atoms with Crippen molar-refractivity contribution in [2.45, 2.75) is 71.8 Å². The van der Waals surface area contributed by atoms with E-state index in [0.29, 0.717) is 12.0 Å². The van der Waals surface area contributed by atoms with Crippen molar-refractivity contribution in [2.75, 3.05) is 6.54 Å². The van der Waals surface area contributed by atoms with E-state index in [1.165, 1.54) is 25.7 Å². The Morgan fingerprint density at radius 3 is 2.50 bits per heavy atom. The summed E-state index contributed by atoms with van der Waals surface area (Å²) in [5.74, 6) is 3.91. The molecule has 0 aromatic carbocycles. The molecule has 20 heavy (non-hydrogen) atoms. The average molecular weight is 279 g/mol. The van der Waals surface area contributed by atoms with E-state index in [4.69, 9.17) is 4.52 Å². The minimum atomic E-state index is 0.393. The third-order valence-corrected chi connectivity index (χ3v) is 4.60. The summed E-state index contributed by atoms with van der Waals surface area (Å²) in [6.45, 7) is 9.91. The molecule has 0 radical (unpaired) electrons. The molecule has 1 aliphatic rings. The van der Waals surface area contributed by atoms with E-state index in [9.17, 15) is 0 Å². The monoisotopic (exact) mass is 279 g/mol. The van der Waals surface area contributed by atoms with Gasteiger partial charge in [0.15, 0.2) is 5.82 Å². The highest BCUT2D eigenvalue weighted by Crippen LogP contribution is 2.37. The van der Waals surface area contributed by atoms with Gasteiger partial charge in [0.25, 0.3) is 0 Å². The number of nitrogens with one attached hydrogen (secondary N) is 1. The minimum Gasteiger partial charge on any atom is -0.339 e. The number of hydrogen-bond donors (Lipinski definition) is 1. The summed E-state index contributed by atoms with van der Waals surface area (Å²) in [5.41, 5.74) is 0. The summed E-state index contributed by atoms with van der Waals surface area (Å²) < 4.78 is 5.41. The van der Waals surface area contributed by atoms with Crippen LogP contribution in [0, 0.1) is 11.8 Å². The Morgan fingerprint density at radius 2 is 1.90 bits per heavy atom. The molecule has 1 fully saturated rings. The normalized spacial score (nSPS) is 25.1. The van der Waals surface area contributed by atoms with Crippen LogP contribution in [-0.4, -0.2) is 22.7 Å². The SMILES string of the molecule is CCNC(C)Cc1nc(C2CCC(C(C)C)CC2)no1. The van der Waals surface area contributed by atoms with Gasteiger partial charge >= 0.3 is 0 Å². The molecule has 0 aliphatic heterocycles. The summed E-state index contributed by atoms with van der Waals surface area (Å²) in [7, 11) is 0.